The van der Waals surface area contributed by atoms with Crippen LogP contribution in [0.2, 0.25) is 0 Å². The predicted molar refractivity (Wildman–Crippen MR) is 122 cm³/mol. The third-order valence-electron chi connectivity index (χ3n) is 5.32. The number of guanidine groups is 1. The van der Waals surface area contributed by atoms with E-state index in [1.54, 1.807) is 13.4 Å². The zero-order chi connectivity index (χ0) is 22.2. The number of H-pyrrole nitrogens is 1. The number of benzene rings is 1. The van der Waals surface area contributed by atoms with E-state index in [1.807, 2.05) is 37.3 Å². The molecule has 2 aromatic heterocycles. The Kier molecular flexibility index (Phi) is 7.27. The highest BCUT2D eigenvalue weighted by Crippen LogP contribution is 2.35. The first-order chi connectivity index (χ1) is 15.8. The monoisotopic (exact) mass is 438 g/mol. The molecule has 9 heteroatoms. The Morgan fingerprint density at radius 3 is 2.84 bits per heavy atom. The zero-order valence-corrected chi connectivity index (χ0v) is 18.6. The molecular weight excluding hydrogens is 408 g/mol. The average Bonchev–Trinajstić information content (AvgIpc) is 3.59. The number of aromatic nitrogens is 3. The minimum absolute atomic E-state index is 0.246. The lowest BCUT2D eigenvalue weighted by molar-refractivity contribution is 0.198. The maximum atomic E-state index is 6.32. The maximum absolute atomic E-state index is 6.32. The number of ether oxygens (including phenoxy) is 2. The summed E-state index contributed by atoms with van der Waals surface area (Å²) in [5, 5.41) is 13.7. The minimum Gasteiger partial charge on any atom is -0.493 e. The van der Waals surface area contributed by atoms with E-state index in [9.17, 15) is 0 Å². The second kappa shape index (κ2) is 10.7. The van der Waals surface area contributed by atoms with Gasteiger partial charge in [-0.05, 0) is 50.8 Å². The average molecular weight is 439 g/mol. The smallest absolute Gasteiger partial charge is 0.216 e. The SMILES string of the molecule is CCNC(=NCc1cccc(OC)c1OC1CCCC1)NCc1nc(-c2ccco2)n[nH]1. The molecule has 1 saturated carbocycles. The molecule has 2 heterocycles. The topological polar surface area (TPSA) is 110 Å². The fourth-order valence-electron chi connectivity index (χ4n) is 3.72. The summed E-state index contributed by atoms with van der Waals surface area (Å²) in [6, 6.07) is 9.57. The van der Waals surface area contributed by atoms with Crippen LogP contribution in [0.4, 0.5) is 0 Å². The number of rotatable bonds is 9. The number of hydrogen-bond acceptors (Lipinski definition) is 6. The van der Waals surface area contributed by atoms with Crippen LogP contribution in [0.3, 0.4) is 0 Å². The third-order valence-corrected chi connectivity index (χ3v) is 5.32. The lowest BCUT2D eigenvalue weighted by Gasteiger charge is -2.19. The Labute approximate surface area is 187 Å². The molecule has 0 atom stereocenters. The van der Waals surface area contributed by atoms with Crippen LogP contribution in [-0.2, 0) is 13.1 Å². The lowest BCUT2D eigenvalue weighted by Crippen LogP contribution is -2.37. The predicted octanol–water partition coefficient (Wildman–Crippen LogP) is 3.65. The van der Waals surface area contributed by atoms with Crippen molar-refractivity contribution < 1.29 is 13.9 Å². The summed E-state index contributed by atoms with van der Waals surface area (Å²) in [6.45, 7) is 3.68. The standard InChI is InChI=1S/C23H30N6O3/c1-3-24-23(26-15-20-27-22(29-28-20)19-12-7-13-31-19)25-14-16-8-6-11-18(30-2)21(16)32-17-9-4-5-10-17/h6-8,11-13,17H,3-5,9-10,14-15H2,1-2H3,(H2,24,25,26)(H,27,28,29). The van der Waals surface area contributed by atoms with Crippen LogP contribution in [0.15, 0.2) is 46.0 Å². The molecule has 3 N–H and O–H groups in total. The highest BCUT2D eigenvalue weighted by Gasteiger charge is 2.20. The molecule has 0 amide bonds. The second-order valence-corrected chi connectivity index (χ2v) is 7.60. The van der Waals surface area contributed by atoms with Crippen molar-refractivity contribution in [2.75, 3.05) is 13.7 Å². The number of nitrogens with one attached hydrogen (secondary N) is 3. The largest absolute Gasteiger partial charge is 0.493 e. The van der Waals surface area contributed by atoms with E-state index in [4.69, 9.17) is 18.9 Å². The van der Waals surface area contributed by atoms with Crippen molar-refractivity contribution in [2.24, 2.45) is 4.99 Å². The summed E-state index contributed by atoms with van der Waals surface area (Å²) < 4.78 is 17.2. The van der Waals surface area contributed by atoms with Crippen LogP contribution < -0.4 is 20.1 Å². The fraction of sp³-hybridized carbons (Fsp3) is 0.435. The number of para-hydroxylation sites is 1. The number of aromatic amines is 1. The molecule has 0 bridgehead atoms. The molecular formula is C23H30N6O3. The molecule has 1 fully saturated rings. The van der Waals surface area contributed by atoms with Crippen LogP contribution in [0.25, 0.3) is 11.6 Å². The Hall–Kier alpha value is -3.49. The van der Waals surface area contributed by atoms with Gasteiger partial charge >= 0.3 is 0 Å². The van der Waals surface area contributed by atoms with E-state index in [0.29, 0.717) is 36.5 Å². The fourth-order valence-corrected chi connectivity index (χ4v) is 3.72. The van der Waals surface area contributed by atoms with Crippen LogP contribution in [0.5, 0.6) is 11.5 Å². The number of aliphatic imine (C=N–C) groups is 1. The molecule has 0 unspecified atom stereocenters. The molecule has 32 heavy (non-hydrogen) atoms. The Morgan fingerprint density at radius 2 is 2.09 bits per heavy atom. The Balaban J connectivity index is 1.44. The van der Waals surface area contributed by atoms with Crippen molar-refractivity contribution in [2.45, 2.75) is 51.8 Å². The summed E-state index contributed by atoms with van der Waals surface area (Å²) >= 11 is 0. The van der Waals surface area contributed by atoms with E-state index in [1.165, 1.54) is 12.8 Å². The van der Waals surface area contributed by atoms with Gasteiger partial charge in [-0.3, -0.25) is 5.10 Å². The van der Waals surface area contributed by atoms with Crippen molar-refractivity contribution in [3.05, 3.63) is 48.0 Å². The zero-order valence-electron chi connectivity index (χ0n) is 18.6. The van der Waals surface area contributed by atoms with Gasteiger partial charge in [0.1, 0.15) is 5.82 Å². The van der Waals surface area contributed by atoms with E-state index in [2.05, 4.69) is 25.8 Å². The van der Waals surface area contributed by atoms with Gasteiger partial charge in [-0.15, -0.1) is 5.10 Å². The molecule has 4 rings (SSSR count). The van der Waals surface area contributed by atoms with Crippen molar-refractivity contribution in [3.8, 4) is 23.1 Å². The van der Waals surface area contributed by atoms with Crippen LogP contribution in [0, 0.1) is 0 Å². The van der Waals surface area contributed by atoms with Crippen LogP contribution >= 0.6 is 0 Å². The van der Waals surface area contributed by atoms with Gasteiger partial charge < -0.3 is 24.5 Å². The summed E-state index contributed by atoms with van der Waals surface area (Å²) in [4.78, 5) is 9.20. The molecule has 3 aromatic rings. The van der Waals surface area contributed by atoms with E-state index < -0.39 is 0 Å². The Morgan fingerprint density at radius 1 is 1.22 bits per heavy atom. The molecule has 1 aliphatic carbocycles. The lowest BCUT2D eigenvalue weighted by atomic mass is 10.1. The minimum atomic E-state index is 0.246. The van der Waals surface area contributed by atoms with Crippen molar-refractivity contribution in [1.29, 1.82) is 0 Å². The first-order valence-corrected chi connectivity index (χ1v) is 11.1. The number of hydrogen-bond donors (Lipinski definition) is 3. The van der Waals surface area contributed by atoms with E-state index in [-0.39, 0.29) is 6.10 Å². The second-order valence-electron chi connectivity index (χ2n) is 7.60. The van der Waals surface area contributed by atoms with Crippen LogP contribution in [0.1, 0.15) is 44.0 Å². The molecule has 0 aliphatic heterocycles. The molecule has 170 valence electrons. The number of methoxy groups -OCH3 is 1. The van der Waals surface area contributed by atoms with Gasteiger partial charge in [0.05, 0.1) is 32.6 Å². The maximum Gasteiger partial charge on any atom is 0.216 e. The van der Waals surface area contributed by atoms with Gasteiger partial charge in [-0.2, -0.15) is 0 Å². The summed E-state index contributed by atoms with van der Waals surface area (Å²) in [5.74, 6) is 4.06. The summed E-state index contributed by atoms with van der Waals surface area (Å²) in [6.07, 6.45) is 6.44. The van der Waals surface area contributed by atoms with Gasteiger partial charge in [0.15, 0.2) is 23.2 Å². The highest BCUT2D eigenvalue weighted by molar-refractivity contribution is 5.79. The van der Waals surface area contributed by atoms with Gasteiger partial charge in [0, 0.05) is 12.1 Å². The van der Waals surface area contributed by atoms with Crippen molar-refractivity contribution in [3.63, 3.8) is 0 Å². The third kappa shape index (κ3) is 5.40. The number of nitrogens with zero attached hydrogens (tertiary/aromatic N) is 3. The summed E-state index contributed by atoms with van der Waals surface area (Å²) in [5.41, 5.74) is 0.994. The molecule has 9 nitrogen and oxygen atoms in total. The van der Waals surface area contributed by atoms with Gasteiger partial charge in [0.25, 0.3) is 0 Å². The molecule has 0 spiro atoms. The molecule has 1 aromatic carbocycles. The normalized spacial score (nSPS) is 14.5. The first kappa shape index (κ1) is 21.7. The first-order valence-electron chi connectivity index (χ1n) is 11.1. The van der Waals surface area contributed by atoms with Crippen LogP contribution in [-0.4, -0.2) is 40.9 Å². The summed E-state index contributed by atoms with van der Waals surface area (Å²) in [7, 11) is 1.67. The van der Waals surface area contributed by atoms with E-state index in [0.717, 1.165) is 36.4 Å². The van der Waals surface area contributed by atoms with Crippen molar-refractivity contribution in [1.82, 2.24) is 25.8 Å². The van der Waals surface area contributed by atoms with E-state index >= 15 is 0 Å². The Bertz CT molecular complexity index is 1010. The van der Waals surface area contributed by atoms with Gasteiger partial charge in [0.2, 0.25) is 5.82 Å². The highest BCUT2D eigenvalue weighted by atomic mass is 16.5. The van der Waals surface area contributed by atoms with Gasteiger partial charge in [-0.1, -0.05) is 12.1 Å². The molecule has 1 aliphatic rings. The molecule has 0 radical (unpaired) electrons. The molecule has 0 saturated heterocycles. The number of furan rings is 1. The quantitative estimate of drug-likeness (QED) is 0.345. The van der Waals surface area contributed by atoms with Gasteiger partial charge in [-0.25, -0.2) is 9.98 Å². The van der Waals surface area contributed by atoms with Crippen molar-refractivity contribution >= 4 is 5.96 Å².